The van der Waals surface area contributed by atoms with Gasteiger partial charge in [0.25, 0.3) is 5.91 Å². The Balaban J connectivity index is 2.61. The molecule has 98 valence electrons. The Labute approximate surface area is 108 Å². The molecule has 0 bridgehead atoms. The number of aryl methyl sites for hydroxylation is 1. The number of hydrazine groups is 1. The Kier molecular flexibility index (Phi) is 4.89. The van der Waals surface area contributed by atoms with Gasteiger partial charge in [-0.15, -0.1) is 0 Å². The van der Waals surface area contributed by atoms with E-state index in [0.717, 1.165) is 11.1 Å². The second kappa shape index (κ2) is 6.19. The molecule has 4 nitrogen and oxygen atoms in total. The van der Waals surface area contributed by atoms with Gasteiger partial charge in [-0.05, 0) is 37.0 Å². The highest BCUT2D eigenvalue weighted by atomic mass is 16.2. The van der Waals surface area contributed by atoms with Crippen molar-refractivity contribution in [1.82, 2.24) is 10.9 Å². The van der Waals surface area contributed by atoms with E-state index in [1.165, 1.54) is 0 Å². The molecule has 2 N–H and O–H groups in total. The van der Waals surface area contributed by atoms with Gasteiger partial charge in [0.2, 0.25) is 5.91 Å². The van der Waals surface area contributed by atoms with E-state index in [4.69, 9.17) is 0 Å². The Bertz CT molecular complexity index is 453. The normalized spacial score (nSPS) is 10.3. The standard InChI is InChI=1S/C14H20N2O2/c1-9(2)8-13(17)15-16-14(18)12-7-5-6-10(3)11(12)4/h5-7,9H,8H2,1-4H3,(H,15,17)(H,16,18). The smallest absolute Gasteiger partial charge is 0.269 e. The molecule has 0 aromatic heterocycles. The van der Waals surface area contributed by atoms with Crippen LogP contribution in [0.1, 0.15) is 41.8 Å². The lowest BCUT2D eigenvalue weighted by atomic mass is 10.0. The lowest BCUT2D eigenvalue weighted by Gasteiger charge is -2.11. The zero-order chi connectivity index (χ0) is 13.7. The SMILES string of the molecule is Cc1cccc(C(=O)NNC(=O)CC(C)C)c1C. The molecular formula is C14H20N2O2. The summed E-state index contributed by atoms with van der Waals surface area (Å²) in [7, 11) is 0. The molecule has 0 spiro atoms. The summed E-state index contributed by atoms with van der Waals surface area (Å²) in [6.07, 6.45) is 0.396. The van der Waals surface area contributed by atoms with Crippen LogP contribution in [0.4, 0.5) is 0 Å². The summed E-state index contributed by atoms with van der Waals surface area (Å²) >= 11 is 0. The van der Waals surface area contributed by atoms with Crippen LogP contribution in [0.5, 0.6) is 0 Å². The van der Waals surface area contributed by atoms with Crippen LogP contribution in [0.15, 0.2) is 18.2 Å². The van der Waals surface area contributed by atoms with Crippen molar-refractivity contribution in [3.63, 3.8) is 0 Å². The van der Waals surface area contributed by atoms with Gasteiger partial charge in [-0.25, -0.2) is 0 Å². The van der Waals surface area contributed by atoms with Crippen molar-refractivity contribution >= 4 is 11.8 Å². The van der Waals surface area contributed by atoms with E-state index in [-0.39, 0.29) is 17.7 Å². The molecule has 0 atom stereocenters. The molecule has 0 aliphatic heterocycles. The third-order valence-corrected chi connectivity index (χ3v) is 2.76. The maximum atomic E-state index is 11.9. The molecule has 2 amide bonds. The number of nitrogens with one attached hydrogen (secondary N) is 2. The van der Waals surface area contributed by atoms with Crippen LogP contribution in [0, 0.1) is 19.8 Å². The van der Waals surface area contributed by atoms with Gasteiger partial charge in [-0.3, -0.25) is 20.4 Å². The quantitative estimate of drug-likeness (QED) is 0.805. The maximum absolute atomic E-state index is 11.9. The molecule has 1 aromatic carbocycles. The van der Waals surface area contributed by atoms with E-state index >= 15 is 0 Å². The average molecular weight is 248 g/mol. The summed E-state index contributed by atoms with van der Waals surface area (Å²) in [6.45, 7) is 7.74. The molecule has 0 saturated heterocycles. The van der Waals surface area contributed by atoms with Crippen LogP contribution in [0.25, 0.3) is 0 Å². The summed E-state index contributed by atoms with van der Waals surface area (Å²) in [4.78, 5) is 23.3. The second-order valence-corrected chi connectivity index (χ2v) is 4.85. The molecule has 0 heterocycles. The molecule has 0 saturated carbocycles. The van der Waals surface area contributed by atoms with E-state index in [1.807, 2.05) is 39.8 Å². The first-order valence-corrected chi connectivity index (χ1v) is 6.07. The molecule has 4 heteroatoms. The van der Waals surface area contributed by atoms with E-state index in [0.29, 0.717) is 12.0 Å². The molecular weight excluding hydrogens is 228 g/mol. The minimum absolute atomic E-state index is 0.177. The highest BCUT2D eigenvalue weighted by Crippen LogP contribution is 2.12. The predicted octanol–water partition coefficient (Wildman–Crippen LogP) is 2.11. The molecule has 0 aliphatic rings. The van der Waals surface area contributed by atoms with E-state index in [1.54, 1.807) is 6.07 Å². The highest BCUT2D eigenvalue weighted by Gasteiger charge is 2.11. The molecule has 0 unspecified atom stereocenters. The Morgan fingerprint density at radius 3 is 2.44 bits per heavy atom. The second-order valence-electron chi connectivity index (χ2n) is 4.85. The Morgan fingerprint density at radius 1 is 1.17 bits per heavy atom. The minimum atomic E-state index is -0.284. The Hall–Kier alpha value is -1.84. The van der Waals surface area contributed by atoms with Crippen molar-refractivity contribution in [3.8, 4) is 0 Å². The minimum Gasteiger partial charge on any atom is -0.273 e. The van der Waals surface area contributed by atoms with E-state index in [9.17, 15) is 9.59 Å². The third kappa shape index (κ3) is 3.87. The van der Waals surface area contributed by atoms with Crippen LogP contribution < -0.4 is 10.9 Å². The molecule has 1 aromatic rings. The molecule has 1 rings (SSSR count). The first kappa shape index (κ1) is 14.2. The van der Waals surface area contributed by atoms with Crippen molar-refractivity contribution in [2.45, 2.75) is 34.1 Å². The lowest BCUT2D eigenvalue weighted by Crippen LogP contribution is -2.42. The van der Waals surface area contributed by atoms with Gasteiger partial charge in [0, 0.05) is 12.0 Å². The number of benzene rings is 1. The van der Waals surface area contributed by atoms with Crippen molar-refractivity contribution in [2.75, 3.05) is 0 Å². The number of rotatable bonds is 3. The van der Waals surface area contributed by atoms with Crippen LogP contribution in [0.2, 0.25) is 0 Å². The van der Waals surface area contributed by atoms with Crippen LogP contribution in [-0.4, -0.2) is 11.8 Å². The van der Waals surface area contributed by atoms with Crippen LogP contribution >= 0.6 is 0 Å². The first-order valence-electron chi connectivity index (χ1n) is 6.07. The third-order valence-electron chi connectivity index (χ3n) is 2.76. The van der Waals surface area contributed by atoms with Gasteiger partial charge < -0.3 is 0 Å². The summed E-state index contributed by atoms with van der Waals surface area (Å²) in [5.41, 5.74) is 7.41. The lowest BCUT2D eigenvalue weighted by molar-refractivity contribution is -0.122. The Morgan fingerprint density at radius 2 is 1.83 bits per heavy atom. The van der Waals surface area contributed by atoms with Gasteiger partial charge in [-0.1, -0.05) is 26.0 Å². The fraction of sp³-hybridized carbons (Fsp3) is 0.429. The summed E-state index contributed by atoms with van der Waals surface area (Å²) in [6, 6.07) is 5.52. The zero-order valence-electron chi connectivity index (χ0n) is 11.3. The number of carbonyl (C=O) groups is 2. The van der Waals surface area contributed by atoms with Crippen LogP contribution in [-0.2, 0) is 4.79 Å². The van der Waals surface area contributed by atoms with E-state index in [2.05, 4.69) is 10.9 Å². The summed E-state index contributed by atoms with van der Waals surface area (Å²) in [5, 5.41) is 0. The number of carbonyl (C=O) groups excluding carboxylic acids is 2. The highest BCUT2D eigenvalue weighted by molar-refractivity contribution is 5.96. The van der Waals surface area contributed by atoms with Crippen molar-refractivity contribution in [3.05, 3.63) is 34.9 Å². The molecule has 0 radical (unpaired) electrons. The molecule has 0 fully saturated rings. The van der Waals surface area contributed by atoms with Crippen molar-refractivity contribution in [2.24, 2.45) is 5.92 Å². The molecule has 0 aliphatic carbocycles. The topological polar surface area (TPSA) is 58.2 Å². The predicted molar refractivity (Wildman–Crippen MR) is 71.0 cm³/mol. The van der Waals surface area contributed by atoms with Crippen LogP contribution in [0.3, 0.4) is 0 Å². The van der Waals surface area contributed by atoms with Gasteiger partial charge in [-0.2, -0.15) is 0 Å². The van der Waals surface area contributed by atoms with E-state index < -0.39 is 0 Å². The number of amides is 2. The number of hydrogen-bond acceptors (Lipinski definition) is 2. The monoisotopic (exact) mass is 248 g/mol. The fourth-order valence-electron chi connectivity index (χ4n) is 1.61. The largest absolute Gasteiger partial charge is 0.273 e. The zero-order valence-corrected chi connectivity index (χ0v) is 11.3. The maximum Gasteiger partial charge on any atom is 0.269 e. The average Bonchev–Trinajstić information content (AvgIpc) is 2.29. The van der Waals surface area contributed by atoms with Gasteiger partial charge in [0.1, 0.15) is 0 Å². The van der Waals surface area contributed by atoms with Gasteiger partial charge in [0.05, 0.1) is 0 Å². The summed E-state index contributed by atoms with van der Waals surface area (Å²) < 4.78 is 0. The first-order chi connectivity index (χ1) is 8.41. The molecule has 18 heavy (non-hydrogen) atoms. The van der Waals surface area contributed by atoms with Crippen molar-refractivity contribution in [1.29, 1.82) is 0 Å². The fourth-order valence-corrected chi connectivity index (χ4v) is 1.61. The van der Waals surface area contributed by atoms with Crippen molar-refractivity contribution < 1.29 is 9.59 Å². The van der Waals surface area contributed by atoms with Gasteiger partial charge in [0.15, 0.2) is 0 Å². The summed E-state index contributed by atoms with van der Waals surface area (Å²) in [5.74, 6) is -0.195. The van der Waals surface area contributed by atoms with Gasteiger partial charge >= 0.3 is 0 Å². The number of hydrogen-bond donors (Lipinski definition) is 2.